The van der Waals surface area contributed by atoms with E-state index in [0.29, 0.717) is 4.90 Å². The molecule has 3 nitrogen and oxygen atoms in total. The van der Waals surface area contributed by atoms with Crippen molar-refractivity contribution in [2.75, 3.05) is 11.6 Å². The van der Waals surface area contributed by atoms with E-state index in [1.807, 2.05) is 0 Å². The van der Waals surface area contributed by atoms with Gasteiger partial charge < -0.3 is 5.32 Å². The zero-order chi connectivity index (χ0) is 14.5. The molecule has 98 valence electrons. The lowest BCUT2D eigenvalue weighted by atomic mass is 10.2. The van der Waals surface area contributed by atoms with Gasteiger partial charge in [0.2, 0.25) is 0 Å². The maximum Gasteiger partial charge on any atom is 0.416 e. The van der Waals surface area contributed by atoms with E-state index in [9.17, 15) is 13.2 Å². The number of thioether (sulfide) groups is 1. The Balaban J connectivity index is 3.15. The number of nitrogens with one attached hydrogen (secondary N) is 1. The molecule has 0 aliphatic heterocycles. The Morgan fingerprint density at radius 1 is 1.32 bits per heavy atom. The molecule has 0 radical (unpaired) electrons. The van der Waals surface area contributed by atoms with Crippen molar-refractivity contribution in [2.45, 2.75) is 11.1 Å². The first kappa shape index (κ1) is 14.9. The van der Waals surface area contributed by atoms with E-state index in [4.69, 9.17) is 10.5 Å². The zero-order valence-corrected chi connectivity index (χ0v) is 10.6. The molecule has 0 aromatic heterocycles. The number of anilines is 1. The van der Waals surface area contributed by atoms with Crippen LogP contribution < -0.4 is 5.32 Å². The van der Waals surface area contributed by atoms with Crippen molar-refractivity contribution < 1.29 is 13.2 Å². The molecule has 1 N–H and O–H groups in total. The molecule has 0 bridgehead atoms. The quantitative estimate of drug-likeness (QED) is 0.677. The van der Waals surface area contributed by atoms with Crippen molar-refractivity contribution in [3.63, 3.8) is 0 Å². The van der Waals surface area contributed by atoms with Crippen LogP contribution in [0.4, 0.5) is 18.9 Å². The number of allylic oxidation sites excluding steroid dienone is 1. The van der Waals surface area contributed by atoms with E-state index >= 15 is 0 Å². The monoisotopic (exact) mass is 283 g/mol. The van der Waals surface area contributed by atoms with Crippen molar-refractivity contribution in [1.29, 1.82) is 10.5 Å². The van der Waals surface area contributed by atoms with E-state index in [2.05, 4.69) is 5.32 Å². The van der Waals surface area contributed by atoms with Crippen LogP contribution in [-0.2, 0) is 6.18 Å². The first-order valence-electron chi connectivity index (χ1n) is 4.94. The highest BCUT2D eigenvalue weighted by molar-refractivity contribution is 7.98. The Hall–Kier alpha value is -2.12. The summed E-state index contributed by atoms with van der Waals surface area (Å²) in [5.41, 5.74) is -0.813. The van der Waals surface area contributed by atoms with Crippen LogP contribution in [0.5, 0.6) is 0 Å². The second kappa shape index (κ2) is 6.17. The SMILES string of the molecule is CSc1ccc(C(F)(F)F)cc1NC=C(C#N)C#N. The Bertz CT molecular complexity index is 563. The van der Waals surface area contributed by atoms with E-state index in [0.717, 1.165) is 18.3 Å². The Morgan fingerprint density at radius 2 is 1.95 bits per heavy atom. The molecule has 0 saturated carbocycles. The lowest BCUT2D eigenvalue weighted by Gasteiger charge is -2.12. The van der Waals surface area contributed by atoms with Crippen molar-refractivity contribution in [1.82, 2.24) is 0 Å². The number of halogens is 3. The second-order valence-electron chi connectivity index (χ2n) is 3.34. The van der Waals surface area contributed by atoms with Gasteiger partial charge in [-0.2, -0.15) is 23.7 Å². The Morgan fingerprint density at radius 3 is 2.42 bits per heavy atom. The van der Waals surface area contributed by atoms with Gasteiger partial charge in [-0.05, 0) is 24.5 Å². The molecule has 7 heteroatoms. The second-order valence-corrected chi connectivity index (χ2v) is 4.19. The summed E-state index contributed by atoms with van der Waals surface area (Å²) in [4.78, 5) is 0.583. The van der Waals surface area contributed by atoms with Gasteiger partial charge in [0.25, 0.3) is 0 Å². The van der Waals surface area contributed by atoms with Gasteiger partial charge in [-0.25, -0.2) is 0 Å². The molecule has 0 aliphatic carbocycles. The van der Waals surface area contributed by atoms with E-state index < -0.39 is 11.7 Å². The highest BCUT2D eigenvalue weighted by Crippen LogP contribution is 2.34. The van der Waals surface area contributed by atoms with Crippen LogP contribution in [0.3, 0.4) is 0 Å². The predicted octanol–water partition coefficient (Wildman–Crippen LogP) is 3.77. The third-order valence-electron chi connectivity index (χ3n) is 2.14. The summed E-state index contributed by atoms with van der Waals surface area (Å²) < 4.78 is 37.7. The van der Waals surface area contributed by atoms with Gasteiger partial charge in [-0.3, -0.25) is 0 Å². The molecule has 1 rings (SSSR count). The van der Waals surface area contributed by atoms with Gasteiger partial charge in [0, 0.05) is 11.1 Å². The number of nitrogens with zero attached hydrogens (tertiary/aromatic N) is 2. The van der Waals surface area contributed by atoms with E-state index in [-0.39, 0.29) is 11.3 Å². The van der Waals surface area contributed by atoms with Gasteiger partial charge in [0.05, 0.1) is 11.3 Å². The standard InChI is InChI=1S/C12H8F3N3S/c1-19-11-3-2-9(12(13,14)15)4-10(11)18-7-8(5-16)6-17/h2-4,7,18H,1H3. The van der Waals surface area contributed by atoms with Crippen LogP contribution in [0.25, 0.3) is 0 Å². The van der Waals surface area contributed by atoms with Gasteiger partial charge >= 0.3 is 6.18 Å². The number of hydrogen-bond acceptors (Lipinski definition) is 4. The van der Waals surface area contributed by atoms with Crippen molar-refractivity contribution in [3.8, 4) is 12.1 Å². The molecule has 0 fully saturated rings. The van der Waals surface area contributed by atoms with Crippen LogP contribution in [-0.4, -0.2) is 6.26 Å². The molecule has 1 aromatic carbocycles. The molecule has 0 heterocycles. The maximum atomic E-state index is 12.6. The number of nitriles is 2. The molecule has 0 saturated heterocycles. The zero-order valence-electron chi connectivity index (χ0n) is 9.75. The fourth-order valence-electron chi connectivity index (χ4n) is 1.24. The lowest BCUT2D eigenvalue weighted by molar-refractivity contribution is -0.137. The van der Waals surface area contributed by atoms with Crippen molar-refractivity contribution >= 4 is 17.4 Å². The van der Waals surface area contributed by atoms with Gasteiger partial charge in [-0.15, -0.1) is 11.8 Å². The highest BCUT2D eigenvalue weighted by atomic mass is 32.2. The first-order chi connectivity index (χ1) is 8.92. The average Bonchev–Trinajstić information content (AvgIpc) is 2.38. The predicted molar refractivity (Wildman–Crippen MR) is 66.2 cm³/mol. The van der Waals surface area contributed by atoms with E-state index in [1.54, 1.807) is 18.4 Å². The molecule has 0 aliphatic rings. The van der Waals surface area contributed by atoms with Crippen LogP contribution in [0.2, 0.25) is 0 Å². The number of rotatable bonds is 3. The third-order valence-corrected chi connectivity index (χ3v) is 2.94. The molecule has 0 unspecified atom stereocenters. The van der Waals surface area contributed by atoms with Crippen LogP contribution >= 0.6 is 11.8 Å². The minimum atomic E-state index is -4.44. The van der Waals surface area contributed by atoms with Gasteiger partial charge in [-0.1, -0.05) is 0 Å². The van der Waals surface area contributed by atoms with Gasteiger partial charge in [0.15, 0.2) is 0 Å². The molecule has 0 spiro atoms. The normalized spacial score (nSPS) is 10.2. The van der Waals surface area contributed by atoms with E-state index in [1.165, 1.54) is 17.8 Å². The van der Waals surface area contributed by atoms with Crippen molar-refractivity contribution in [2.24, 2.45) is 0 Å². The fourth-order valence-corrected chi connectivity index (χ4v) is 1.78. The lowest BCUT2D eigenvalue weighted by Crippen LogP contribution is -2.05. The summed E-state index contributed by atoms with van der Waals surface area (Å²) in [6.07, 6.45) is -1.65. The summed E-state index contributed by atoms with van der Waals surface area (Å²) in [7, 11) is 0. The molecule has 1 aromatic rings. The topological polar surface area (TPSA) is 59.6 Å². The molecule has 19 heavy (non-hydrogen) atoms. The first-order valence-corrected chi connectivity index (χ1v) is 6.17. The minimum absolute atomic E-state index is 0.199. The molecule has 0 amide bonds. The summed E-state index contributed by atoms with van der Waals surface area (Å²) >= 11 is 1.26. The number of benzene rings is 1. The third kappa shape index (κ3) is 3.94. The number of alkyl halides is 3. The maximum absolute atomic E-state index is 12.6. The minimum Gasteiger partial charge on any atom is -0.359 e. The molecule has 0 atom stereocenters. The average molecular weight is 283 g/mol. The summed E-state index contributed by atoms with van der Waals surface area (Å²) in [6.45, 7) is 0. The Labute approximate surface area is 112 Å². The summed E-state index contributed by atoms with van der Waals surface area (Å²) in [6, 6.07) is 6.48. The van der Waals surface area contributed by atoms with Gasteiger partial charge in [0.1, 0.15) is 17.7 Å². The Kier molecular flexibility index (Phi) is 4.85. The number of hydrogen-bond donors (Lipinski definition) is 1. The largest absolute Gasteiger partial charge is 0.416 e. The molecular formula is C12H8F3N3S. The highest BCUT2D eigenvalue weighted by Gasteiger charge is 2.30. The van der Waals surface area contributed by atoms with Crippen LogP contribution in [0, 0.1) is 22.7 Å². The molecular weight excluding hydrogens is 275 g/mol. The van der Waals surface area contributed by atoms with Crippen LogP contribution in [0.15, 0.2) is 34.9 Å². The summed E-state index contributed by atoms with van der Waals surface area (Å²) in [5.74, 6) is 0. The smallest absolute Gasteiger partial charge is 0.359 e. The fraction of sp³-hybridized carbons (Fsp3) is 0.167. The summed E-state index contributed by atoms with van der Waals surface area (Å²) in [5, 5.41) is 19.6. The van der Waals surface area contributed by atoms with Crippen molar-refractivity contribution in [3.05, 3.63) is 35.5 Å². The van der Waals surface area contributed by atoms with Crippen LogP contribution in [0.1, 0.15) is 5.56 Å².